The smallest absolute Gasteiger partial charge is 0.0498 e. The molecule has 2 aromatic carbocycles. The van der Waals surface area contributed by atoms with Gasteiger partial charge in [-0.05, 0) is 11.1 Å². The van der Waals surface area contributed by atoms with Crippen LogP contribution < -0.4 is 5.11 Å². The zero-order valence-corrected chi connectivity index (χ0v) is 11.2. The highest BCUT2D eigenvalue weighted by molar-refractivity contribution is 5.76. The van der Waals surface area contributed by atoms with E-state index in [1.54, 1.807) is 0 Å². The average molecular weight is 253 g/mol. The summed E-state index contributed by atoms with van der Waals surface area (Å²) in [5.74, 6) is -1.71. The first-order valence-electron chi connectivity index (χ1n) is 6.35. The predicted molar refractivity (Wildman–Crippen MR) is 73.7 cm³/mol. The Kier molecular flexibility index (Phi) is 3.70. The van der Waals surface area contributed by atoms with Crippen LogP contribution in [-0.2, 0) is 10.2 Å². The molecule has 0 aromatic heterocycles. The Bertz CT molecular complexity index is 544. The summed E-state index contributed by atoms with van der Waals surface area (Å²) in [7, 11) is 0. The van der Waals surface area contributed by atoms with Crippen molar-refractivity contribution in [1.82, 2.24) is 0 Å². The molecule has 0 radical (unpaired) electrons. The van der Waals surface area contributed by atoms with Crippen LogP contribution in [0.25, 0.3) is 0 Å². The molecule has 0 fully saturated rings. The highest BCUT2D eigenvalue weighted by atomic mass is 16.4. The van der Waals surface area contributed by atoms with E-state index in [1.807, 2.05) is 74.5 Å². The van der Waals surface area contributed by atoms with Gasteiger partial charge in [0.05, 0.1) is 0 Å². The Morgan fingerprint density at radius 3 is 1.89 bits per heavy atom. The molecular weight excluding hydrogens is 236 g/mol. The first-order valence-corrected chi connectivity index (χ1v) is 6.35. The molecule has 0 saturated carbocycles. The van der Waals surface area contributed by atoms with Crippen molar-refractivity contribution in [2.45, 2.75) is 25.2 Å². The fourth-order valence-electron chi connectivity index (χ4n) is 2.53. The van der Waals surface area contributed by atoms with Gasteiger partial charge in [-0.3, -0.25) is 0 Å². The quantitative estimate of drug-likeness (QED) is 0.840. The van der Waals surface area contributed by atoms with Crippen LogP contribution in [0.2, 0.25) is 0 Å². The topological polar surface area (TPSA) is 40.1 Å². The Hall–Kier alpha value is -2.09. The highest BCUT2D eigenvalue weighted by Crippen LogP contribution is 2.38. The molecule has 98 valence electrons. The Morgan fingerprint density at radius 1 is 0.947 bits per heavy atom. The monoisotopic (exact) mass is 253 g/mol. The highest BCUT2D eigenvalue weighted by Gasteiger charge is 2.33. The molecule has 19 heavy (non-hydrogen) atoms. The number of hydrogen-bond acceptors (Lipinski definition) is 2. The fourth-order valence-corrected chi connectivity index (χ4v) is 2.53. The Morgan fingerprint density at radius 2 is 1.42 bits per heavy atom. The van der Waals surface area contributed by atoms with Crippen LogP contribution >= 0.6 is 0 Å². The maximum absolute atomic E-state index is 11.6. The lowest BCUT2D eigenvalue weighted by Gasteiger charge is -2.36. The molecule has 0 bridgehead atoms. The third-order valence-corrected chi connectivity index (χ3v) is 3.61. The fraction of sp³-hybridized carbons (Fsp3) is 0.235. The lowest BCUT2D eigenvalue weighted by molar-refractivity contribution is -0.309. The largest absolute Gasteiger partial charge is 0.549 e. The van der Waals surface area contributed by atoms with E-state index in [-0.39, 0.29) is 0 Å². The van der Waals surface area contributed by atoms with Crippen molar-refractivity contribution < 1.29 is 9.90 Å². The van der Waals surface area contributed by atoms with Crippen LogP contribution in [0.1, 0.15) is 30.9 Å². The summed E-state index contributed by atoms with van der Waals surface area (Å²) in [5, 5.41) is 11.6. The Labute approximate surface area is 113 Å². The van der Waals surface area contributed by atoms with Gasteiger partial charge in [0.2, 0.25) is 0 Å². The molecular formula is C17H17O2-. The zero-order chi connectivity index (χ0) is 13.9. The summed E-state index contributed by atoms with van der Waals surface area (Å²) in [6, 6.07) is 19.0. The summed E-state index contributed by atoms with van der Waals surface area (Å²) in [6.07, 6.45) is 0. The second-order valence-corrected chi connectivity index (χ2v) is 5.25. The first kappa shape index (κ1) is 13.3. The van der Waals surface area contributed by atoms with Crippen LogP contribution in [0.3, 0.4) is 0 Å². The summed E-state index contributed by atoms with van der Waals surface area (Å²) >= 11 is 0. The lowest BCUT2D eigenvalue weighted by Crippen LogP contribution is -2.40. The molecule has 1 unspecified atom stereocenters. The van der Waals surface area contributed by atoms with E-state index in [4.69, 9.17) is 0 Å². The van der Waals surface area contributed by atoms with Crippen molar-refractivity contribution in [3.05, 3.63) is 71.8 Å². The second-order valence-electron chi connectivity index (χ2n) is 5.25. The van der Waals surface area contributed by atoms with Gasteiger partial charge in [-0.15, -0.1) is 0 Å². The van der Waals surface area contributed by atoms with E-state index in [0.717, 1.165) is 11.1 Å². The molecule has 0 N–H and O–H groups in total. The molecule has 2 aromatic rings. The maximum atomic E-state index is 11.6. The van der Waals surface area contributed by atoms with Gasteiger partial charge in [0.1, 0.15) is 0 Å². The number of hydrogen-bond donors (Lipinski definition) is 0. The van der Waals surface area contributed by atoms with Gasteiger partial charge in [0, 0.05) is 17.3 Å². The molecule has 0 heterocycles. The number of carboxylic acid groups (broad SMARTS) is 1. The number of carbonyl (C=O) groups is 1. The van der Waals surface area contributed by atoms with Gasteiger partial charge in [-0.1, -0.05) is 74.5 Å². The van der Waals surface area contributed by atoms with Crippen LogP contribution in [0.5, 0.6) is 0 Å². The molecule has 2 heteroatoms. The third kappa shape index (κ3) is 2.68. The van der Waals surface area contributed by atoms with Crippen LogP contribution in [0.15, 0.2) is 60.7 Å². The van der Waals surface area contributed by atoms with Gasteiger partial charge in [-0.2, -0.15) is 0 Å². The van der Waals surface area contributed by atoms with E-state index in [1.165, 1.54) is 0 Å². The summed E-state index contributed by atoms with van der Waals surface area (Å²) in [6.45, 7) is 3.88. The molecule has 0 spiro atoms. The van der Waals surface area contributed by atoms with Crippen molar-refractivity contribution in [3.8, 4) is 0 Å². The molecule has 0 amide bonds. The molecule has 0 aliphatic carbocycles. The first-order chi connectivity index (χ1) is 9.03. The molecule has 2 nitrogen and oxygen atoms in total. The summed E-state index contributed by atoms with van der Waals surface area (Å²) < 4.78 is 0. The predicted octanol–water partition coefficient (Wildman–Crippen LogP) is 2.50. The van der Waals surface area contributed by atoms with Crippen molar-refractivity contribution in [2.24, 2.45) is 0 Å². The minimum absolute atomic E-state index is 0.526. The molecule has 2 rings (SSSR count). The minimum atomic E-state index is -1.04. The van der Waals surface area contributed by atoms with Crippen molar-refractivity contribution in [3.63, 3.8) is 0 Å². The summed E-state index contributed by atoms with van der Waals surface area (Å²) in [4.78, 5) is 11.6. The number of carbonyl (C=O) groups excluding carboxylic acids is 1. The standard InChI is InChI=1S/C17H18O2/c1-17(2,14-11-7-4-8-12-14)15(16(18)19)13-9-5-3-6-10-13/h3-12,15H,1-2H3,(H,18,19)/p-1. The molecule has 0 aliphatic rings. The average Bonchev–Trinajstić information content (AvgIpc) is 2.40. The number of carboxylic acids is 1. The number of aliphatic carboxylic acids is 1. The molecule has 0 saturated heterocycles. The van der Waals surface area contributed by atoms with E-state index in [9.17, 15) is 9.90 Å². The minimum Gasteiger partial charge on any atom is -0.549 e. The van der Waals surface area contributed by atoms with Gasteiger partial charge < -0.3 is 9.90 Å². The van der Waals surface area contributed by atoms with Gasteiger partial charge in [0.25, 0.3) is 0 Å². The number of benzene rings is 2. The second kappa shape index (κ2) is 5.27. The van der Waals surface area contributed by atoms with E-state index in [2.05, 4.69) is 0 Å². The van der Waals surface area contributed by atoms with Crippen molar-refractivity contribution in [2.75, 3.05) is 0 Å². The normalized spacial score (nSPS) is 12.9. The van der Waals surface area contributed by atoms with Gasteiger partial charge in [0.15, 0.2) is 0 Å². The lowest BCUT2D eigenvalue weighted by atomic mass is 9.70. The SMILES string of the molecule is CC(C)(c1ccccc1)C(C(=O)[O-])c1ccccc1. The van der Waals surface area contributed by atoms with Crippen LogP contribution in [0, 0.1) is 0 Å². The van der Waals surface area contributed by atoms with Crippen LogP contribution in [0.4, 0.5) is 0 Å². The van der Waals surface area contributed by atoms with Gasteiger partial charge >= 0.3 is 0 Å². The zero-order valence-electron chi connectivity index (χ0n) is 11.2. The van der Waals surface area contributed by atoms with Crippen molar-refractivity contribution in [1.29, 1.82) is 0 Å². The maximum Gasteiger partial charge on any atom is 0.0498 e. The van der Waals surface area contributed by atoms with Gasteiger partial charge in [-0.25, -0.2) is 0 Å². The van der Waals surface area contributed by atoms with E-state index in [0.29, 0.717) is 0 Å². The van der Waals surface area contributed by atoms with Crippen molar-refractivity contribution >= 4 is 5.97 Å². The third-order valence-electron chi connectivity index (χ3n) is 3.61. The number of rotatable bonds is 4. The van der Waals surface area contributed by atoms with E-state index < -0.39 is 17.3 Å². The molecule has 0 aliphatic heterocycles. The summed E-state index contributed by atoms with van der Waals surface area (Å²) in [5.41, 5.74) is 1.24. The van der Waals surface area contributed by atoms with E-state index >= 15 is 0 Å². The molecule has 1 atom stereocenters. The Balaban J connectivity index is 2.48. The van der Waals surface area contributed by atoms with Crippen LogP contribution in [-0.4, -0.2) is 5.97 Å².